The standard InChI is InChI=1S/C47H42N2/c1-34-20-24-41(25-21-34)48(43-17-10-12-36(3)28-43)45-31-40(47-19-9-8-16-39(47)30-38-14-6-5-7-15-38)32-46(33-45)49(42-26-22-35(2)23-27-42)44-18-11-13-37(4)29-44/h5-29,31-33H,30H2,1-4H3. The van der Waals surface area contributed by atoms with Crippen molar-refractivity contribution in [2.75, 3.05) is 9.80 Å². The van der Waals surface area contributed by atoms with Crippen molar-refractivity contribution in [2.24, 2.45) is 0 Å². The van der Waals surface area contributed by atoms with Gasteiger partial charge in [-0.3, -0.25) is 0 Å². The van der Waals surface area contributed by atoms with Crippen molar-refractivity contribution in [2.45, 2.75) is 34.1 Å². The van der Waals surface area contributed by atoms with E-state index in [1.165, 1.54) is 44.5 Å². The Balaban J connectivity index is 1.50. The molecule has 0 spiro atoms. The van der Waals surface area contributed by atoms with Crippen LogP contribution in [0.15, 0.2) is 170 Å². The Morgan fingerprint density at radius 3 is 1.35 bits per heavy atom. The maximum absolute atomic E-state index is 2.39. The predicted molar refractivity (Wildman–Crippen MR) is 209 cm³/mol. The lowest BCUT2D eigenvalue weighted by Crippen LogP contribution is -2.14. The van der Waals surface area contributed by atoms with Crippen molar-refractivity contribution in [3.63, 3.8) is 0 Å². The van der Waals surface area contributed by atoms with Gasteiger partial charge in [0.05, 0.1) is 0 Å². The van der Waals surface area contributed by atoms with E-state index in [9.17, 15) is 0 Å². The van der Waals surface area contributed by atoms with Crippen LogP contribution in [0.2, 0.25) is 0 Å². The smallest absolute Gasteiger partial charge is 0.0488 e. The Hall–Kier alpha value is -5.86. The molecule has 0 bridgehead atoms. The van der Waals surface area contributed by atoms with Crippen molar-refractivity contribution < 1.29 is 0 Å². The van der Waals surface area contributed by atoms with E-state index in [2.05, 4.69) is 207 Å². The highest BCUT2D eigenvalue weighted by atomic mass is 15.2. The van der Waals surface area contributed by atoms with Gasteiger partial charge < -0.3 is 9.80 Å². The summed E-state index contributed by atoms with van der Waals surface area (Å²) in [6.45, 7) is 8.61. The molecule has 0 unspecified atom stereocenters. The van der Waals surface area contributed by atoms with Crippen LogP contribution in [0, 0.1) is 27.7 Å². The summed E-state index contributed by atoms with van der Waals surface area (Å²) >= 11 is 0. The fourth-order valence-corrected chi connectivity index (χ4v) is 6.60. The van der Waals surface area contributed by atoms with Gasteiger partial charge in [-0.05, 0) is 134 Å². The minimum Gasteiger partial charge on any atom is -0.310 e. The molecule has 49 heavy (non-hydrogen) atoms. The number of hydrogen-bond acceptors (Lipinski definition) is 2. The molecule has 7 rings (SSSR count). The largest absolute Gasteiger partial charge is 0.310 e. The first-order chi connectivity index (χ1) is 23.9. The normalized spacial score (nSPS) is 10.9. The molecular formula is C47H42N2. The lowest BCUT2D eigenvalue weighted by Gasteiger charge is -2.31. The molecule has 0 fully saturated rings. The quantitative estimate of drug-likeness (QED) is 0.156. The van der Waals surface area contributed by atoms with Gasteiger partial charge in [0.15, 0.2) is 0 Å². The number of nitrogens with zero attached hydrogens (tertiary/aromatic N) is 2. The van der Waals surface area contributed by atoms with Crippen LogP contribution in [0.25, 0.3) is 11.1 Å². The minimum atomic E-state index is 0.857. The summed E-state index contributed by atoms with van der Waals surface area (Å²) < 4.78 is 0. The average molecular weight is 635 g/mol. The Kier molecular flexibility index (Phi) is 9.12. The molecule has 2 heteroatoms. The van der Waals surface area contributed by atoms with Crippen molar-refractivity contribution >= 4 is 34.1 Å². The summed E-state index contributed by atoms with van der Waals surface area (Å²) in [5.41, 5.74) is 16.6. The molecule has 0 amide bonds. The average Bonchev–Trinajstić information content (AvgIpc) is 3.11. The second kappa shape index (κ2) is 14.1. The van der Waals surface area contributed by atoms with E-state index in [4.69, 9.17) is 0 Å². The number of anilines is 6. The van der Waals surface area contributed by atoms with Gasteiger partial charge in [0.25, 0.3) is 0 Å². The molecule has 0 radical (unpaired) electrons. The van der Waals surface area contributed by atoms with Crippen molar-refractivity contribution in [1.29, 1.82) is 0 Å². The van der Waals surface area contributed by atoms with E-state index >= 15 is 0 Å². The monoisotopic (exact) mass is 634 g/mol. The maximum Gasteiger partial charge on any atom is 0.0488 e. The highest BCUT2D eigenvalue weighted by Gasteiger charge is 2.20. The van der Waals surface area contributed by atoms with Crippen molar-refractivity contribution in [3.8, 4) is 11.1 Å². The highest BCUT2D eigenvalue weighted by Crippen LogP contribution is 2.44. The fraction of sp³-hybridized carbons (Fsp3) is 0.106. The van der Waals surface area contributed by atoms with E-state index in [1.54, 1.807) is 0 Å². The zero-order chi connectivity index (χ0) is 33.7. The molecule has 0 aliphatic carbocycles. The summed E-state index contributed by atoms with van der Waals surface area (Å²) in [4.78, 5) is 4.78. The van der Waals surface area contributed by atoms with E-state index < -0.39 is 0 Å². The van der Waals surface area contributed by atoms with Crippen LogP contribution in [0.3, 0.4) is 0 Å². The van der Waals surface area contributed by atoms with E-state index in [0.717, 1.165) is 40.5 Å². The first-order valence-corrected chi connectivity index (χ1v) is 17.1. The maximum atomic E-state index is 2.39. The number of rotatable bonds is 9. The van der Waals surface area contributed by atoms with Gasteiger partial charge in [-0.15, -0.1) is 0 Å². The molecule has 7 aromatic rings. The minimum absolute atomic E-state index is 0.857. The number of hydrogen-bond donors (Lipinski definition) is 0. The Bertz CT molecular complexity index is 2070. The summed E-state index contributed by atoms with van der Waals surface area (Å²) in [6.07, 6.45) is 0.857. The Morgan fingerprint density at radius 1 is 0.347 bits per heavy atom. The SMILES string of the molecule is Cc1ccc(N(c2cccc(C)c2)c2cc(-c3ccccc3Cc3ccccc3)cc(N(c3ccc(C)cc3)c3cccc(C)c3)c2)cc1. The third-order valence-corrected chi connectivity index (χ3v) is 9.09. The Morgan fingerprint density at radius 2 is 0.837 bits per heavy atom. The molecule has 0 aliphatic heterocycles. The van der Waals surface area contributed by atoms with Crippen LogP contribution in [0.5, 0.6) is 0 Å². The van der Waals surface area contributed by atoms with Gasteiger partial charge in [0, 0.05) is 34.1 Å². The van der Waals surface area contributed by atoms with Crippen LogP contribution < -0.4 is 9.80 Å². The van der Waals surface area contributed by atoms with E-state index in [0.29, 0.717) is 0 Å². The van der Waals surface area contributed by atoms with Gasteiger partial charge in [-0.2, -0.15) is 0 Å². The molecule has 0 saturated carbocycles. The topological polar surface area (TPSA) is 6.48 Å². The summed E-state index contributed by atoms with van der Waals surface area (Å²) in [7, 11) is 0. The summed E-state index contributed by atoms with van der Waals surface area (Å²) in [5.74, 6) is 0. The lowest BCUT2D eigenvalue weighted by molar-refractivity contribution is 1.19. The third-order valence-electron chi connectivity index (χ3n) is 9.09. The van der Waals surface area contributed by atoms with Crippen LogP contribution in [-0.4, -0.2) is 0 Å². The lowest BCUT2D eigenvalue weighted by atomic mass is 9.93. The first kappa shape index (κ1) is 31.7. The van der Waals surface area contributed by atoms with Crippen molar-refractivity contribution in [3.05, 3.63) is 203 Å². The molecule has 2 nitrogen and oxygen atoms in total. The van der Waals surface area contributed by atoms with Gasteiger partial charge in [0.1, 0.15) is 0 Å². The molecule has 0 saturated heterocycles. The predicted octanol–water partition coefficient (Wildman–Crippen LogP) is 13.1. The van der Waals surface area contributed by atoms with Gasteiger partial charge in [0.2, 0.25) is 0 Å². The number of aryl methyl sites for hydroxylation is 4. The molecule has 0 aromatic heterocycles. The molecule has 0 N–H and O–H groups in total. The number of benzene rings is 7. The summed E-state index contributed by atoms with van der Waals surface area (Å²) in [5, 5.41) is 0. The van der Waals surface area contributed by atoms with Crippen LogP contribution in [-0.2, 0) is 6.42 Å². The van der Waals surface area contributed by atoms with Crippen LogP contribution in [0.4, 0.5) is 34.1 Å². The zero-order valence-electron chi connectivity index (χ0n) is 28.8. The zero-order valence-corrected chi connectivity index (χ0v) is 28.8. The van der Waals surface area contributed by atoms with E-state index in [-0.39, 0.29) is 0 Å². The molecule has 0 aliphatic rings. The van der Waals surface area contributed by atoms with E-state index in [1.807, 2.05) is 0 Å². The van der Waals surface area contributed by atoms with Crippen molar-refractivity contribution in [1.82, 2.24) is 0 Å². The molecule has 0 heterocycles. The van der Waals surface area contributed by atoms with Gasteiger partial charge in [-0.25, -0.2) is 0 Å². The van der Waals surface area contributed by atoms with Crippen LogP contribution >= 0.6 is 0 Å². The third kappa shape index (κ3) is 7.20. The van der Waals surface area contributed by atoms with Crippen LogP contribution in [0.1, 0.15) is 33.4 Å². The fourth-order valence-electron chi connectivity index (χ4n) is 6.60. The molecular weight excluding hydrogens is 593 g/mol. The molecule has 0 atom stereocenters. The second-order valence-electron chi connectivity index (χ2n) is 13.1. The van der Waals surface area contributed by atoms with Gasteiger partial charge >= 0.3 is 0 Å². The summed E-state index contributed by atoms with van der Waals surface area (Å²) in [6, 6.07) is 62.0. The molecule has 240 valence electrons. The van der Waals surface area contributed by atoms with Gasteiger partial charge in [-0.1, -0.05) is 114 Å². The highest BCUT2D eigenvalue weighted by molar-refractivity contribution is 5.88. The first-order valence-electron chi connectivity index (χ1n) is 17.1. The Labute approximate surface area is 291 Å². The molecule has 7 aromatic carbocycles. The second-order valence-corrected chi connectivity index (χ2v) is 13.1.